The highest BCUT2D eigenvalue weighted by atomic mass is 16.5. The summed E-state index contributed by atoms with van der Waals surface area (Å²) in [5.74, 6) is -0.664. The lowest BCUT2D eigenvalue weighted by atomic mass is 10.1. The Morgan fingerprint density at radius 3 is 2.92 bits per heavy atom. The van der Waals surface area contributed by atoms with Crippen molar-refractivity contribution in [3.8, 4) is 6.07 Å². The number of nitrogens with zero attached hydrogens (tertiary/aromatic N) is 4. The van der Waals surface area contributed by atoms with Crippen LogP contribution in [-0.2, 0) is 16.6 Å². The van der Waals surface area contributed by atoms with Crippen LogP contribution in [0.4, 0.5) is 10.5 Å². The van der Waals surface area contributed by atoms with E-state index in [9.17, 15) is 20.0 Å². The summed E-state index contributed by atoms with van der Waals surface area (Å²) in [7, 11) is 2.97. The topological polar surface area (TPSA) is 120 Å². The Morgan fingerprint density at radius 1 is 1.48 bits per heavy atom. The third-order valence-electron chi connectivity index (χ3n) is 4.30. The normalized spacial score (nSPS) is 19.7. The first-order valence-corrected chi connectivity index (χ1v) is 7.65. The van der Waals surface area contributed by atoms with Crippen molar-refractivity contribution in [2.24, 2.45) is 7.05 Å². The predicted octanol–water partition coefficient (Wildman–Crippen LogP) is 0.585. The molecule has 0 radical (unpaired) electrons. The third-order valence-corrected chi connectivity index (χ3v) is 4.30. The Balaban J connectivity index is 1.90. The number of esters is 1. The zero-order valence-electron chi connectivity index (χ0n) is 13.8. The van der Waals surface area contributed by atoms with E-state index in [2.05, 4.69) is 21.1 Å². The first-order valence-electron chi connectivity index (χ1n) is 7.65. The molecular weight excluding hydrogens is 326 g/mol. The molecule has 2 atom stereocenters. The van der Waals surface area contributed by atoms with Crippen LogP contribution < -0.4 is 5.32 Å². The Bertz CT molecular complexity index is 885. The van der Waals surface area contributed by atoms with Crippen molar-refractivity contribution < 1.29 is 19.4 Å². The Hall–Kier alpha value is -3.12. The molecule has 0 bridgehead atoms. The second-order valence-electron chi connectivity index (χ2n) is 5.77. The number of ether oxygens (including phenoxy) is 1. The summed E-state index contributed by atoms with van der Waals surface area (Å²) in [6, 6.07) is 3.69. The highest BCUT2D eigenvalue weighted by Crippen LogP contribution is 2.26. The van der Waals surface area contributed by atoms with E-state index in [1.807, 2.05) is 0 Å². The van der Waals surface area contributed by atoms with Gasteiger partial charge in [-0.2, -0.15) is 5.26 Å². The van der Waals surface area contributed by atoms with Crippen molar-refractivity contribution in [2.75, 3.05) is 19.0 Å². The van der Waals surface area contributed by atoms with Gasteiger partial charge in [-0.05, 0) is 18.6 Å². The minimum atomic E-state index is -1.04. The number of nitriles is 1. The fraction of sp³-hybridized carbons (Fsp3) is 0.375. The number of likely N-dealkylation sites (tertiary alicyclic amines) is 1. The van der Waals surface area contributed by atoms with Crippen molar-refractivity contribution in [2.45, 2.75) is 18.6 Å². The molecule has 9 nitrogen and oxygen atoms in total. The zero-order valence-corrected chi connectivity index (χ0v) is 13.8. The molecule has 2 amide bonds. The van der Waals surface area contributed by atoms with Gasteiger partial charge in [0.1, 0.15) is 11.6 Å². The van der Waals surface area contributed by atoms with Crippen LogP contribution in [0, 0.1) is 11.3 Å². The largest absolute Gasteiger partial charge is 0.467 e. The number of hydrogen-bond acceptors (Lipinski definition) is 6. The van der Waals surface area contributed by atoms with E-state index in [1.165, 1.54) is 12.0 Å². The molecule has 1 saturated heterocycles. The quantitative estimate of drug-likeness (QED) is 0.770. The van der Waals surface area contributed by atoms with Gasteiger partial charge in [0.15, 0.2) is 6.04 Å². The van der Waals surface area contributed by atoms with E-state index in [-0.39, 0.29) is 6.54 Å². The number of carbonyl (C=O) groups is 2. The van der Waals surface area contributed by atoms with Crippen molar-refractivity contribution in [1.82, 2.24) is 14.5 Å². The smallest absolute Gasteiger partial charge is 0.331 e. The Morgan fingerprint density at radius 2 is 2.24 bits per heavy atom. The molecule has 1 aromatic heterocycles. The summed E-state index contributed by atoms with van der Waals surface area (Å²) >= 11 is 0. The van der Waals surface area contributed by atoms with Gasteiger partial charge in [0, 0.05) is 13.6 Å². The maximum atomic E-state index is 12.6. The van der Waals surface area contributed by atoms with Crippen LogP contribution in [0.2, 0.25) is 0 Å². The fourth-order valence-electron chi connectivity index (χ4n) is 3.06. The van der Waals surface area contributed by atoms with E-state index < -0.39 is 24.1 Å². The maximum absolute atomic E-state index is 12.6. The molecule has 2 N–H and O–H groups in total. The molecule has 25 heavy (non-hydrogen) atoms. The molecule has 9 heteroatoms. The second kappa shape index (κ2) is 6.41. The van der Waals surface area contributed by atoms with E-state index in [4.69, 9.17) is 0 Å². The van der Waals surface area contributed by atoms with Gasteiger partial charge < -0.3 is 24.6 Å². The maximum Gasteiger partial charge on any atom is 0.331 e. The van der Waals surface area contributed by atoms with Crippen LogP contribution >= 0.6 is 0 Å². The molecule has 2 aromatic rings. The predicted molar refractivity (Wildman–Crippen MR) is 87.6 cm³/mol. The molecule has 1 aliphatic heterocycles. The minimum absolute atomic E-state index is 0.231. The monoisotopic (exact) mass is 343 g/mol. The van der Waals surface area contributed by atoms with Crippen LogP contribution in [0.1, 0.15) is 12.0 Å². The summed E-state index contributed by atoms with van der Waals surface area (Å²) in [6.45, 7) is 0.231. The number of aryl methyl sites for hydroxylation is 1. The SMILES string of the molecule is COC(=O)C1[C@H](O)CCN1C(=O)Nc1ccc(C#N)c2c1ncn2C. The molecule has 2 heterocycles. The van der Waals surface area contributed by atoms with Crippen LogP contribution in [0.25, 0.3) is 11.0 Å². The molecule has 3 rings (SSSR count). The molecule has 1 aliphatic rings. The summed E-state index contributed by atoms with van der Waals surface area (Å²) < 4.78 is 6.36. The van der Waals surface area contributed by atoms with E-state index in [1.54, 1.807) is 30.1 Å². The molecule has 0 aliphatic carbocycles. The first-order chi connectivity index (χ1) is 12.0. The van der Waals surface area contributed by atoms with Gasteiger partial charge in [-0.15, -0.1) is 0 Å². The van der Waals surface area contributed by atoms with Gasteiger partial charge in [0.25, 0.3) is 0 Å². The number of aliphatic hydroxyl groups excluding tert-OH is 1. The van der Waals surface area contributed by atoms with Crippen LogP contribution in [0.3, 0.4) is 0 Å². The molecule has 130 valence electrons. The number of amides is 2. The third kappa shape index (κ3) is 2.77. The highest BCUT2D eigenvalue weighted by Gasteiger charge is 2.42. The summed E-state index contributed by atoms with van der Waals surface area (Å²) in [5.41, 5.74) is 1.94. The lowest BCUT2D eigenvalue weighted by Crippen LogP contribution is -2.47. The average molecular weight is 343 g/mol. The van der Waals surface area contributed by atoms with Gasteiger partial charge >= 0.3 is 12.0 Å². The lowest BCUT2D eigenvalue weighted by molar-refractivity contribution is -0.147. The van der Waals surface area contributed by atoms with Gasteiger partial charge in [0.2, 0.25) is 0 Å². The number of rotatable bonds is 2. The molecule has 0 saturated carbocycles. The van der Waals surface area contributed by atoms with Gasteiger partial charge in [0.05, 0.1) is 36.3 Å². The number of urea groups is 1. The van der Waals surface area contributed by atoms with E-state index >= 15 is 0 Å². The molecule has 1 aromatic carbocycles. The number of imidazole rings is 1. The number of benzene rings is 1. The van der Waals surface area contributed by atoms with Gasteiger partial charge in [-0.25, -0.2) is 14.6 Å². The number of carbonyl (C=O) groups excluding carboxylic acids is 2. The summed E-state index contributed by atoms with van der Waals surface area (Å²) in [5, 5.41) is 21.9. The zero-order chi connectivity index (χ0) is 18.1. The summed E-state index contributed by atoms with van der Waals surface area (Å²) in [6.07, 6.45) is 0.881. The average Bonchev–Trinajstić information content (AvgIpc) is 3.18. The Kier molecular flexibility index (Phi) is 4.29. The summed E-state index contributed by atoms with van der Waals surface area (Å²) in [4.78, 5) is 29.9. The van der Waals surface area contributed by atoms with Crippen LogP contribution in [0.5, 0.6) is 0 Å². The molecular formula is C16H17N5O4. The lowest BCUT2D eigenvalue weighted by Gasteiger charge is -2.24. The number of fused-ring (bicyclic) bond motifs is 1. The number of hydrogen-bond donors (Lipinski definition) is 2. The van der Waals surface area contributed by atoms with Crippen molar-refractivity contribution in [3.05, 3.63) is 24.0 Å². The standard InChI is InChI=1S/C16H17N5O4/c1-20-8-18-12-10(4-3-9(7-17)13(12)20)19-16(24)21-6-5-11(22)14(21)15(23)25-2/h3-4,8,11,14,22H,5-6H2,1-2H3,(H,19,24)/t11-,14?/m1/s1. The number of anilines is 1. The number of nitrogens with one attached hydrogen (secondary N) is 1. The van der Waals surface area contributed by atoms with Crippen molar-refractivity contribution in [3.63, 3.8) is 0 Å². The molecule has 1 unspecified atom stereocenters. The van der Waals surface area contributed by atoms with E-state index in [0.717, 1.165) is 0 Å². The fourth-order valence-corrected chi connectivity index (χ4v) is 3.06. The van der Waals surface area contributed by atoms with Crippen molar-refractivity contribution >= 4 is 28.7 Å². The van der Waals surface area contributed by atoms with Gasteiger partial charge in [-0.1, -0.05) is 0 Å². The number of aromatic nitrogens is 2. The second-order valence-corrected chi connectivity index (χ2v) is 5.77. The minimum Gasteiger partial charge on any atom is -0.467 e. The first kappa shape index (κ1) is 16.7. The van der Waals surface area contributed by atoms with Gasteiger partial charge in [-0.3, -0.25) is 0 Å². The Labute approximate surface area is 143 Å². The molecule has 0 spiro atoms. The highest BCUT2D eigenvalue weighted by molar-refractivity contribution is 6.01. The van der Waals surface area contributed by atoms with E-state index in [0.29, 0.717) is 28.7 Å². The van der Waals surface area contributed by atoms with Crippen molar-refractivity contribution in [1.29, 1.82) is 5.26 Å². The number of methoxy groups -OCH3 is 1. The van der Waals surface area contributed by atoms with Crippen LogP contribution in [0.15, 0.2) is 18.5 Å². The number of aliphatic hydroxyl groups is 1. The molecule has 1 fully saturated rings. The van der Waals surface area contributed by atoms with Crippen LogP contribution in [-0.4, -0.2) is 57.4 Å².